The van der Waals surface area contributed by atoms with Crippen molar-refractivity contribution in [1.82, 2.24) is 4.98 Å². The van der Waals surface area contributed by atoms with E-state index >= 15 is 0 Å². The molecule has 1 aromatic heterocycles. The Morgan fingerprint density at radius 2 is 1.82 bits per heavy atom. The summed E-state index contributed by atoms with van der Waals surface area (Å²) >= 11 is 0. The van der Waals surface area contributed by atoms with Crippen LogP contribution in [0.1, 0.15) is 60.5 Å². The SMILES string of the molecule is COC(=O)[C@@H](C)[C@H](c1ccc2c(c1)OC(c1ccc(-c3ccnc(OC)c3)cc1COS(C)(=O)=O)CC2)C1CC1. The van der Waals surface area contributed by atoms with Crippen molar-refractivity contribution in [2.24, 2.45) is 11.8 Å². The number of hydrogen-bond acceptors (Lipinski definition) is 8. The van der Waals surface area contributed by atoms with E-state index in [2.05, 4.69) is 23.2 Å². The van der Waals surface area contributed by atoms with Crippen LogP contribution < -0.4 is 9.47 Å². The summed E-state index contributed by atoms with van der Waals surface area (Å²) in [5.41, 5.74) is 5.60. The first-order valence-corrected chi connectivity index (χ1v) is 15.3. The van der Waals surface area contributed by atoms with Gasteiger partial charge in [0.05, 0.1) is 33.0 Å². The highest BCUT2D eigenvalue weighted by Gasteiger charge is 2.39. The van der Waals surface area contributed by atoms with Crippen molar-refractivity contribution < 1.29 is 31.6 Å². The average molecular weight is 566 g/mol. The van der Waals surface area contributed by atoms with E-state index in [0.29, 0.717) is 11.8 Å². The number of pyridine rings is 1. The third kappa shape index (κ3) is 6.31. The second kappa shape index (κ2) is 11.6. The van der Waals surface area contributed by atoms with E-state index in [0.717, 1.165) is 71.1 Å². The number of ether oxygens (including phenoxy) is 3. The fourth-order valence-electron chi connectivity index (χ4n) is 5.66. The third-order valence-corrected chi connectivity index (χ3v) is 8.40. The fraction of sp³-hybridized carbons (Fsp3) is 0.419. The molecule has 212 valence electrons. The van der Waals surface area contributed by atoms with Crippen molar-refractivity contribution in [3.8, 4) is 22.8 Å². The Morgan fingerprint density at radius 3 is 2.52 bits per heavy atom. The monoisotopic (exact) mass is 565 g/mol. The molecule has 0 radical (unpaired) electrons. The van der Waals surface area contributed by atoms with E-state index < -0.39 is 10.1 Å². The molecule has 8 nitrogen and oxygen atoms in total. The number of methoxy groups -OCH3 is 2. The molecule has 0 N–H and O–H groups in total. The lowest BCUT2D eigenvalue weighted by atomic mass is 9.82. The van der Waals surface area contributed by atoms with Gasteiger partial charge < -0.3 is 14.2 Å². The van der Waals surface area contributed by atoms with Crippen molar-refractivity contribution in [1.29, 1.82) is 0 Å². The molecule has 0 bridgehead atoms. The van der Waals surface area contributed by atoms with Gasteiger partial charge in [-0.1, -0.05) is 31.2 Å². The lowest BCUT2D eigenvalue weighted by Crippen LogP contribution is -2.23. The highest BCUT2D eigenvalue weighted by Crippen LogP contribution is 2.48. The first kappa shape index (κ1) is 28.1. The first-order chi connectivity index (χ1) is 19.2. The number of esters is 1. The number of benzene rings is 2. The zero-order valence-electron chi connectivity index (χ0n) is 23.3. The van der Waals surface area contributed by atoms with Crippen molar-refractivity contribution in [3.05, 3.63) is 77.0 Å². The summed E-state index contributed by atoms with van der Waals surface area (Å²) in [7, 11) is -0.652. The summed E-state index contributed by atoms with van der Waals surface area (Å²) in [6.07, 6.45) is 6.20. The Labute approximate surface area is 235 Å². The molecule has 2 heterocycles. The Bertz CT molecular complexity index is 1500. The Kier molecular flexibility index (Phi) is 8.14. The summed E-state index contributed by atoms with van der Waals surface area (Å²) in [6.45, 7) is 1.84. The highest BCUT2D eigenvalue weighted by molar-refractivity contribution is 7.85. The van der Waals surface area contributed by atoms with E-state index in [4.69, 9.17) is 18.4 Å². The summed E-state index contributed by atoms with van der Waals surface area (Å²) in [5, 5.41) is 0. The van der Waals surface area contributed by atoms with Crippen molar-refractivity contribution in [2.45, 2.75) is 51.2 Å². The predicted molar refractivity (Wildman–Crippen MR) is 151 cm³/mol. The summed E-state index contributed by atoms with van der Waals surface area (Å²) in [4.78, 5) is 16.6. The number of hydrogen-bond donors (Lipinski definition) is 0. The van der Waals surface area contributed by atoms with E-state index in [9.17, 15) is 13.2 Å². The van der Waals surface area contributed by atoms with E-state index in [1.54, 1.807) is 13.3 Å². The average Bonchev–Trinajstić information content (AvgIpc) is 3.80. The minimum atomic E-state index is -3.65. The maximum absolute atomic E-state index is 12.4. The molecule has 0 amide bonds. The Morgan fingerprint density at radius 1 is 1.05 bits per heavy atom. The van der Waals surface area contributed by atoms with E-state index in [1.807, 2.05) is 37.3 Å². The smallest absolute Gasteiger partial charge is 0.309 e. The topological polar surface area (TPSA) is 101 Å². The van der Waals surface area contributed by atoms with Gasteiger partial charge in [-0.15, -0.1) is 0 Å². The molecule has 0 saturated heterocycles. The molecule has 1 unspecified atom stereocenters. The molecule has 9 heteroatoms. The van der Waals surface area contributed by atoms with Crippen LogP contribution in [-0.2, 0) is 36.9 Å². The number of fused-ring (bicyclic) bond motifs is 1. The van der Waals surface area contributed by atoms with Crippen LogP contribution in [0, 0.1) is 11.8 Å². The third-order valence-electron chi connectivity index (χ3n) is 7.86. The van der Waals surface area contributed by atoms with E-state index in [-0.39, 0.29) is 30.5 Å². The molecule has 1 aliphatic carbocycles. The maximum atomic E-state index is 12.4. The van der Waals surface area contributed by atoms with Crippen LogP contribution >= 0.6 is 0 Å². The molecule has 1 saturated carbocycles. The number of carbonyl (C=O) groups excluding carboxylic acids is 1. The van der Waals surface area contributed by atoms with Crippen LogP contribution in [0.2, 0.25) is 0 Å². The van der Waals surface area contributed by atoms with Gasteiger partial charge in [-0.3, -0.25) is 8.98 Å². The van der Waals surface area contributed by atoms with Crippen LogP contribution in [0.4, 0.5) is 0 Å². The predicted octanol–water partition coefficient (Wildman–Crippen LogP) is 5.60. The molecular weight excluding hydrogens is 530 g/mol. The first-order valence-electron chi connectivity index (χ1n) is 13.5. The van der Waals surface area contributed by atoms with Gasteiger partial charge in [-0.2, -0.15) is 8.42 Å². The van der Waals surface area contributed by atoms with E-state index in [1.165, 1.54) is 7.11 Å². The van der Waals surface area contributed by atoms with Gasteiger partial charge in [-0.05, 0) is 89.1 Å². The summed E-state index contributed by atoms with van der Waals surface area (Å²) < 4.78 is 45.9. The Hall–Kier alpha value is -3.43. The van der Waals surface area contributed by atoms with Crippen LogP contribution in [0.15, 0.2) is 54.7 Å². The van der Waals surface area contributed by atoms with Crippen molar-refractivity contribution >= 4 is 16.1 Å². The van der Waals surface area contributed by atoms with Crippen LogP contribution in [0.25, 0.3) is 11.1 Å². The van der Waals surface area contributed by atoms with Crippen LogP contribution in [0.3, 0.4) is 0 Å². The molecule has 40 heavy (non-hydrogen) atoms. The number of carbonyl (C=O) groups is 1. The molecule has 1 fully saturated rings. The number of rotatable bonds is 10. The van der Waals surface area contributed by atoms with Crippen molar-refractivity contribution in [2.75, 3.05) is 20.5 Å². The molecule has 2 aromatic carbocycles. The van der Waals surface area contributed by atoms with Gasteiger partial charge in [0.25, 0.3) is 10.1 Å². The molecular formula is C31H35NO7S. The van der Waals surface area contributed by atoms with Gasteiger partial charge in [0.1, 0.15) is 11.9 Å². The minimum absolute atomic E-state index is 0.0806. The molecule has 1 aliphatic heterocycles. The molecule has 3 aromatic rings. The summed E-state index contributed by atoms with van der Waals surface area (Å²) in [6, 6.07) is 15.9. The molecule has 3 atom stereocenters. The van der Waals surface area contributed by atoms with Gasteiger partial charge in [0, 0.05) is 12.3 Å². The lowest BCUT2D eigenvalue weighted by Gasteiger charge is -2.30. The second-order valence-corrected chi connectivity index (χ2v) is 12.3. The van der Waals surface area contributed by atoms with Gasteiger partial charge in [0.15, 0.2) is 0 Å². The van der Waals surface area contributed by atoms with Gasteiger partial charge >= 0.3 is 5.97 Å². The highest BCUT2D eigenvalue weighted by atomic mass is 32.2. The minimum Gasteiger partial charge on any atom is -0.485 e. The molecule has 0 spiro atoms. The standard InChI is InChI=1S/C31H35NO7S/c1-19(31(33)37-3)30(21-6-7-21)24-8-5-20-10-12-27(39-28(20)16-24)26-11-9-22(15-25(26)18-38-40(4,34)35)23-13-14-32-29(17-23)36-2/h5,8-9,11,13-17,19,21,27,30H,6-7,10,12,18H2,1-4H3/t19-,27?,30-/m0/s1. The second-order valence-electron chi connectivity index (χ2n) is 10.7. The number of nitrogens with zero attached hydrogens (tertiary/aromatic N) is 1. The fourth-order valence-corrected chi connectivity index (χ4v) is 6.01. The largest absolute Gasteiger partial charge is 0.485 e. The van der Waals surface area contributed by atoms with Crippen molar-refractivity contribution in [3.63, 3.8) is 0 Å². The quantitative estimate of drug-likeness (QED) is 0.231. The van der Waals surface area contributed by atoms with Gasteiger partial charge in [-0.25, -0.2) is 4.98 Å². The normalized spacial score (nSPS) is 18.2. The van der Waals surface area contributed by atoms with Crippen LogP contribution in [-0.4, -0.2) is 39.8 Å². The number of aromatic nitrogens is 1. The number of aryl methyl sites for hydroxylation is 1. The lowest BCUT2D eigenvalue weighted by molar-refractivity contribution is -0.145. The zero-order valence-corrected chi connectivity index (χ0v) is 24.1. The molecule has 5 rings (SSSR count). The molecule has 2 aliphatic rings. The van der Waals surface area contributed by atoms with Gasteiger partial charge in [0.2, 0.25) is 5.88 Å². The summed E-state index contributed by atoms with van der Waals surface area (Å²) in [5.74, 6) is 1.39. The van der Waals surface area contributed by atoms with Crippen LogP contribution in [0.5, 0.6) is 11.6 Å². The Balaban J connectivity index is 1.46. The maximum Gasteiger partial charge on any atom is 0.309 e. The zero-order chi connectivity index (χ0) is 28.4.